The predicted octanol–water partition coefficient (Wildman–Crippen LogP) is 2.38. The van der Waals surface area contributed by atoms with Gasteiger partial charge in [0.05, 0.1) is 6.10 Å². The summed E-state index contributed by atoms with van der Waals surface area (Å²) in [6.45, 7) is 6.01. The number of aromatic nitrogens is 1. The van der Waals surface area contributed by atoms with Crippen LogP contribution >= 0.6 is 0 Å². The molecule has 0 bridgehead atoms. The molecule has 1 heterocycles. The van der Waals surface area contributed by atoms with Crippen LogP contribution in [-0.2, 0) is 11.8 Å². The molecule has 1 aromatic heterocycles. The Bertz CT molecular complexity index is 454. The number of fused-ring (bicyclic) bond motifs is 1. The predicted molar refractivity (Wildman–Crippen MR) is 64.3 cm³/mol. The van der Waals surface area contributed by atoms with Crippen molar-refractivity contribution in [3.8, 4) is 0 Å². The van der Waals surface area contributed by atoms with E-state index in [2.05, 4.69) is 4.98 Å². The minimum Gasteiger partial charge on any atom is -0.477 e. The third-order valence-corrected chi connectivity index (χ3v) is 3.34. The van der Waals surface area contributed by atoms with Crippen molar-refractivity contribution in [2.24, 2.45) is 0 Å². The van der Waals surface area contributed by atoms with Crippen LogP contribution in [-0.4, -0.2) is 21.2 Å². The first-order valence-corrected chi connectivity index (χ1v) is 5.99. The molecule has 3 N–H and O–H groups in total. The molecule has 2 rings (SSSR count). The molecule has 1 aliphatic rings. The van der Waals surface area contributed by atoms with Gasteiger partial charge in [-0.15, -0.1) is 0 Å². The van der Waals surface area contributed by atoms with Gasteiger partial charge in [0.25, 0.3) is 0 Å². The largest absolute Gasteiger partial charge is 0.477 e. The minimum absolute atomic E-state index is 0.227. The molecule has 17 heavy (non-hydrogen) atoms. The van der Waals surface area contributed by atoms with E-state index >= 15 is 0 Å². The highest BCUT2D eigenvalue weighted by molar-refractivity contribution is 5.89. The topological polar surface area (TPSA) is 73.3 Å². The standard InChI is InChI=1S/C13H19NO3/c1-13(2,3)9-7-5-4-6-8(15)10(7)14-11(9)12(16)17/h8,14-15H,4-6H2,1-3H3,(H,16,17). The number of aromatic carboxylic acids is 1. The Hall–Kier alpha value is -1.29. The number of aromatic amines is 1. The molecule has 4 heteroatoms. The molecule has 94 valence electrons. The van der Waals surface area contributed by atoms with Crippen molar-refractivity contribution in [1.82, 2.24) is 4.98 Å². The summed E-state index contributed by atoms with van der Waals surface area (Å²) in [7, 11) is 0. The summed E-state index contributed by atoms with van der Waals surface area (Å²) in [5, 5.41) is 19.2. The lowest BCUT2D eigenvalue weighted by molar-refractivity contribution is 0.0688. The van der Waals surface area contributed by atoms with Crippen LogP contribution < -0.4 is 0 Å². The van der Waals surface area contributed by atoms with Crippen molar-refractivity contribution >= 4 is 5.97 Å². The molecule has 1 aromatic rings. The highest BCUT2D eigenvalue weighted by Crippen LogP contribution is 2.38. The van der Waals surface area contributed by atoms with Crippen LogP contribution in [0.2, 0.25) is 0 Å². The van der Waals surface area contributed by atoms with Crippen LogP contribution in [0.1, 0.15) is 67.0 Å². The van der Waals surface area contributed by atoms with Gasteiger partial charge in [0, 0.05) is 5.69 Å². The van der Waals surface area contributed by atoms with E-state index in [4.69, 9.17) is 0 Å². The van der Waals surface area contributed by atoms with Crippen molar-refractivity contribution in [2.45, 2.75) is 51.6 Å². The molecule has 0 spiro atoms. The number of H-pyrrole nitrogens is 1. The van der Waals surface area contributed by atoms with Gasteiger partial charge in [0.1, 0.15) is 5.69 Å². The molecule has 0 fully saturated rings. The van der Waals surface area contributed by atoms with Crippen molar-refractivity contribution in [1.29, 1.82) is 0 Å². The smallest absolute Gasteiger partial charge is 0.352 e. The Kier molecular flexibility index (Phi) is 2.78. The quantitative estimate of drug-likeness (QED) is 0.702. The Morgan fingerprint density at radius 3 is 2.59 bits per heavy atom. The Morgan fingerprint density at radius 2 is 2.06 bits per heavy atom. The first kappa shape index (κ1) is 12.2. The molecular weight excluding hydrogens is 218 g/mol. The van der Waals surface area contributed by atoms with Crippen LogP contribution in [0.25, 0.3) is 0 Å². The molecule has 0 amide bonds. The maximum absolute atomic E-state index is 11.3. The number of rotatable bonds is 1. The fourth-order valence-corrected chi connectivity index (χ4v) is 2.71. The summed E-state index contributed by atoms with van der Waals surface area (Å²) in [5.41, 5.74) is 2.57. The van der Waals surface area contributed by atoms with E-state index in [1.807, 2.05) is 20.8 Å². The number of hydrogen-bond acceptors (Lipinski definition) is 2. The van der Waals surface area contributed by atoms with Gasteiger partial charge in [-0.3, -0.25) is 0 Å². The molecule has 4 nitrogen and oxygen atoms in total. The van der Waals surface area contributed by atoms with E-state index in [9.17, 15) is 15.0 Å². The van der Waals surface area contributed by atoms with Crippen molar-refractivity contribution < 1.29 is 15.0 Å². The highest BCUT2D eigenvalue weighted by Gasteiger charge is 2.33. The van der Waals surface area contributed by atoms with Crippen LogP contribution in [0.5, 0.6) is 0 Å². The van der Waals surface area contributed by atoms with Crippen molar-refractivity contribution in [2.75, 3.05) is 0 Å². The molecule has 1 unspecified atom stereocenters. The lowest BCUT2D eigenvalue weighted by atomic mass is 9.80. The second-order valence-electron chi connectivity index (χ2n) is 5.73. The molecule has 1 aliphatic carbocycles. The molecule has 0 radical (unpaired) electrons. The van der Waals surface area contributed by atoms with Crippen LogP contribution in [0.3, 0.4) is 0 Å². The average Bonchev–Trinajstić information content (AvgIpc) is 2.57. The first-order valence-electron chi connectivity index (χ1n) is 5.99. The first-order chi connectivity index (χ1) is 7.82. The number of nitrogens with one attached hydrogen (secondary N) is 1. The Balaban J connectivity index is 2.66. The van der Waals surface area contributed by atoms with E-state index in [0.29, 0.717) is 12.1 Å². The molecule has 0 saturated carbocycles. The zero-order valence-corrected chi connectivity index (χ0v) is 10.5. The molecular formula is C13H19NO3. The maximum atomic E-state index is 11.3. The monoisotopic (exact) mass is 237 g/mol. The van der Waals surface area contributed by atoms with Crippen LogP contribution in [0.4, 0.5) is 0 Å². The van der Waals surface area contributed by atoms with Gasteiger partial charge in [-0.2, -0.15) is 0 Å². The van der Waals surface area contributed by atoms with Gasteiger partial charge >= 0.3 is 5.97 Å². The lowest BCUT2D eigenvalue weighted by Gasteiger charge is -2.24. The van der Waals surface area contributed by atoms with Gasteiger partial charge in [-0.1, -0.05) is 20.8 Å². The number of aliphatic hydroxyl groups excluding tert-OH is 1. The second kappa shape index (κ2) is 3.88. The van der Waals surface area contributed by atoms with Gasteiger partial charge in [0.2, 0.25) is 0 Å². The van der Waals surface area contributed by atoms with Crippen LogP contribution in [0, 0.1) is 0 Å². The lowest BCUT2D eigenvalue weighted by Crippen LogP contribution is -2.18. The zero-order chi connectivity index (χ0) is 12.8. The number of carboxylic acids is 1. The third-order valence-electron chi connectivity index (χ3n) is 3.34. The molecule has 1 atom stereocenters. The Morgan fingerprint density at radius 1 is 1.41 bits per heavy atom. The van der Waals surface area contributed by atoms with Gasteiger partial charge in [0.15, 0.2) is 0 Å². The number of hydrogen-bond donors (Lipinski definition) is 3. The summed E-state index contributed by atoms with van der Waals surface area (Å²) < 4.78 is 0. The molecule has 0 aliphatic heterocycles. The summed E-state index contributed by atoms with van der Waals surface area (Å²) in [6, 6.07) is 0. The third kappa shape index (κ3) is 1.97. The van der Waals surface area contributed by atoms with E-state index in [0.717, 1.165) is 24.0 Å². The summed E-state index contributed by atoms with van der Waals surface area (Å²) in [6.07, 6.45) is 1.92. The second-order valence-corrected chi connectivity index (χ2v) is 5.73. The normalized spacial score (nSPS) is 20.1. The minimum atomic E-state index is -0.948. The maximum Gasteiger partial charge on any atom is 0.352 e. The fraction of sp³-hybridized carbons (Fsp3) is 0.615. The van der Waals surface area contributed by atoms with Gasteiger partial charge < -0.3 is 15.2 Å². The molecule has 0 aromatic carbocycles. The van der Waals surface area contributed by atoms with Crippen molar-refractivity contribution in [3.63, 3.8) is 0 Å². The number of carboxylic acid groups (broad SMARTS) is 1. The summed E-state index contributed by atoms with van der Waals surface area (Å²) >= 11 is 0. The summed E-state index contributed by atoms with van der Waals surface area (Å²) in [4.78, 5) is 14.2. The number of aliphatic hydroxyl groups is 1. The van der Waals surface area contributed by atoms with Crippen LogP contribution in [0.15, 0.2) is 0 Å². The van der Waals surface area contributed by atoms with E-state index < -0.39 is 12.1 Å². The van der Waals surface area contributed by atoms with Gasteiger partial charge in [-0.05, 0) is 35.8 Å². The Labute approximate surface area is 101 Å². The highest BCUT2D eigenvalue weighted by atomic mass is 16.4. The average molecular weight is 237 g/mol. The fourth-order valence-electron chi connectivity index (χ4n) is 2.71. The summed E-state index contributed by atoms with van der Waals surface area (Å²) in [5.74, 6) is -0.948. The van der Waals surface area contributed by atoms with E-state index in [1.165, 1.54) is 0 Å². The van der Waals surface area contributed by atoms with Gasteiger partial charge in [-0.25, -0.2) is 4.79 Å². The van der Waals surface area contributed by atoms with Crippen molar-refractivity contribution in [3.05, 3.63) is 22.5 Å². The number of carbonyl (C=O) groups is 1. The SMILES string of the molecule is CC(C)(C)c1c(C(=O)O)[nH]c2c1CCCC2O. The van der Waals surface area contributed by atoms with E-state index in [1.54, 1.807) is 0 Å². The molecule has 0 saturated heterocycles. The zero-order valence-electron chi connectivity index (χ0n) is 10.5. The van der Waals surface area contributed by atoms with E-state index in [-0.39, 0.29) is 11.1 Å².